The summed E-state index contributed by atoms with van der Waals surface area (Å²) in [4.78, 5) is 0. The molecule has 2 fully saturated rings. The molecular weight excluding hydrogens is 630 g/mol. The van der Waals surface area contributed by atoms with Crippen LogP contribution in [0.25, 0.3) is 0 Å². The van der Waals surface area contributed by atoms with Crippen molar-refractivity contribution < 1.29 is 44.1 Å². The highest BCUT2D eigenvalue weighted by Gasteiger charge is 2.40. The van der Waals surface area contributed by atoms with Crippen molar-refractivity contribution in [2.75, 3.05) is 78.8 Å². The maximum atomic E-state index is 13.4. The molecular formula is C29H51ClN4O8P2. The number of nitrogens with one attached hydrogen (secondary N) is 1. The van der Waals surface area contributed by atoms with Gasteiger partial charge in [0, 0.05) is 57.7 Å². The molecule has 0 spiro atoms. The first-order valence-electron chi connectivity index (χ1n) is 16.0. The van der Waals surface area contributed by atoms with E-state index >= 15 is 0 Å². The van der Waals surface area contributed by atoms with Crippen LogP contribution in [-0.4, -0.2) is 113 Å². The Morgan fingerprint density at radius 3 is 1.68 bits per heavy atom. The SMILES string of the molecule is C.OCCNCCO.[2H]C1([2H])CCOP(=O)(Cl)N1Cc1ccccc1.[2H]C1([2H])CCOP(=O)(N(CCO)CCO)N1Cc1ccccc1. The van der Waals surface area contributed by atoms with E-state index in [1.807, 2.05) is 60.7 Å². The number of aliphatic hydroxyl groups is 4. The monoisotopic (exact) mass is 684 g/mol. The van der Waals surface area contributed by atoms with Crippen molar-refractivity contribution in [3.05, 3.63) is 71.8 Å². The van der Waals surface area contributed by atoms with Gasteiger partial charge in [0.25, 0.3) is 0 Å². The Bertz CT molecular complexity index is 1250. The molecule has 2 aliphatic heterocycles. The highest BCUT2D eigenvalue weighted by molar-refractivity contribution is 7.83. The average Bonchev–Trinajstić information content (AvgIpc) is 3.03. The van der Waals surface area contributed by atoms with Crippen LogP contribution in [0.3, 0.4) is 0 Å². The Hall–Kier alpha value is -1.21. The second kappa shape index (κ2) is 23.2. The van der Waals surface area contributed by atoms with Crippen molar-refractivity contribution in [2.24, 2.45) is 0 Å². The van der Waals surface area contributed by atoms with Gasteiger partial charge >= 0.3 is 14.5 Å². The molecule has 2 aromatic rings. The molecule has 2 heterocycles. The fourth-order valence-electron chi connectivity index (χ4n) is 3.90. The highest BCUT2D eigenvalue weighted by atomic mass is 35.7. The summed E-state index contributed by atoms with van der Waals surface area (Å²) < 4.78 is 71.8. The highest BCUT2D eigenvalue weighted by Crippen LogP contribution is 2.58. The third-order valence-corrected chi connectivity index (χ3v) is 10.6. The number of hydrogen-bond acceptors (Lipinski definition) is 9. The predicted octanol–water partition coefficient (Wildman–Crippen LogP) is 3.76. The molecule has 0 radical (unpaired) electrons. The Morgan fingerprint density at radius 2 is 1.23 bits per heavy atom. The lowest BCUT2D eigenvalue weighted by atomic mass is 10.2. The van der Waals surface area contributed by atoms with Crippen LogP contribution in [-0.2, 0) is 31.3 Å². The minimum absolute atomic E-state index is 0. The van der Waals surface area contributed by atoms with Crippen molar-refractivity contribution in [3.8, 4) is 0 Å². The van der Waals surface area contributed by atoms with E-state index in [0.717, 1.165) is 15.8 Å². The second-order valence-corrected chi connectivity index (χ2v) is 14.3. The average molecular weight is 685 g/mol. The smallest absolute Gasteiger partial charge is 0.363 e. The van der Waals surface area contributed by atoms with Crippen LogP contribution in [0.4, 0.5) is 0 Å². The van der Waals surface area contributed by atoms with Gasteiger partial charge in [-0.05, 0) is 35.2 Å². The molecule has 12 nitrogen and oxygen atoms in total. The summed E-state index contributed by atoms with van der Waals surface area (Å²) in [6, 6.07) is 18.4. The summed E-state index contributed by atoms with van der Waals surface area (Å²) in [6.45, 7) is -5.65. The number of nitrogens with zero attached hydrogens (tertiary/aromatic N) is 3. The van der Waals surface area contributed by atoms with Gasteiger partial charge < -0.3 is 34.8 Å². The van der Waals surface area contributed by atoms with Gasteiger partial charge in [-0.15, -0.1) is 0 Å². The minimum atomic E-state index is -3.68. The molecule has 0 bridgehead atoms. The first-order chi connectivity index (χ1) is 22.3. The van der Waals surface area contributed by atoms with Crippen LogP contribution in [0.2, 0.25) is 0 Å². The minimum Gasteiger partial charge on any atom is -0.395 e. The van der Waals surface area contributed by atoms with E-state index in [0.29, 0.717) is 13.1 Å². The van der Waals surface area contributed by atoms with Crippen LogP contribution < -0.4 is 5.32 Å². The number of aliphatic hydroxyl groups excluding tert-OH is 4. The number of halogens is 1. The van der Waals surface area contributed by atoms with Gasteiger partial charge in [0.05, 0.1) is 39.6 Å². The van der Waals surface area contributed by atoms with Gasteiger partial charge in [-0.25, -0.2) is 14.0 Å². The molecule has 2 unspecified atom stereocenters. The molecule has 5 N–H and O–H groups in total. The van der Waals surface area contributed by atoms with E-state index in [1.54, 1.807) is 0 Å². The zero-order chi connectivity index (χ0) is 35.0. The summed E-state index contributed by atoms with van der Waals surface area (Å²) in [6.07, 6.45) is 0.270. The topological polar surface area (TPSA) is 155 Å². The largest absolute Gasteiger partial charge is 0.395 e. The quantitative estimate of drug-likeness (QED) is 0.154. The van der Waals surface area contributed by atoms with Crippen LogP contribution in [0.5, 0.6) is 0 Å². The van der Waals surface area contributed by atoms with E-state index in [1.165, 1.54) is 9.34 Å². The van der Waals surface area contributed by atoms with Crippen LogP contribution in [0, 0.1) is 0 Å². The van der Waals surface area contributed by atoms with Crippen molar-refractivity contribution in [1.29, 1.82) is 0 Å². The van der Waals surface area contributed by atoms with Gasteiger partial charge in [-0.3, -0.25) is 9.13 Å². The molecule has 2 saturated heterocycles. The molecule has 2 atom stereocenters. The normalized spacial score (nSPS) is 25.9. The standard InChI is InChI=1S/C14H23N2O4P.C10H13ClNO2P.C4H11NO2.CH4/c17-10-8-15(9-11-18)21(19)16(7-4-12-20-21)13-14-5-2-1-3-6-14;11-15(13)12(7-4-8-14-15)9-10-5-2-1-3-6-10;6-3-1-5-2-4-7;/h1-3,5-6,17-18H,4,7-13H2;1-3,5-6H,4,7-9H2;5-7H,1-4H2;1H4/i2*7D2;;. The maximum Gasteiger partial charge on any atom is 0.363 e. The van der Waals surface area contributed by atoms with Gasteiger partial charge in [0.1, 0.15) is 0 Å². The zero-order valence-electron chi connectivity index (χ0n) is 28.2. The van der Waals surface area contributed by atoms with Crippen LogP contribution >= 0.6 is 25.8 Å². The van der Waals surface area contributed by atoms with Gasteiger partial charge in [0.2, 0.25) is 0 Å². The third kappa shape index (κ3) is 14.5. The fourth-order valence-corrected chi connectivity index (χ4v) is 7.72. The summed E-state index contributed by atoms with van der Waals surface area (Å²) in [7, 11) is -3.68. The van der Waals surface area contributed by atoms with E-state index < -0.39 is 27.5 Å². The summed E-state index contributed by atoms with van der Waals surface area (Å²) >= 11 is 5.79. The lowest BCUT2D eigenvalue weighted by molar-refractivity contribution is 0.138. The van der Waals surface area contributed by atoms with Crippen molar-refractivity contribution in [2.45, 2.75) is 33.4 Å². The number of benzene rings is 2. The van der Waals surface area contributed by atoms with Gasteiger partial charge in [0.15, 0.2) is 0 Å². The Labute approximate surface area is 273 Å². The van der Waals surface area contributed by atoms with E-state index in [2.05, 4.69) is 5.32 Å². The van der Waals surface area contributed by atoms with Crippen molar-refractivity contribution in [3.63, 3.8) is 0 Å². The van der Waals surface area contributed by atoms with Gasteiger partial charge in [-0.1, -0.05) is 68.1 Å². The molecule has 15 heteroatoms. The van der Waals surface area contributed by atoms with E-state index in [4.69, 9.17) is 36.0 Å². The molecule has 44 heavy (non-hydrogen) atoms. The second-order valence-electron chi connectivity index (χ2n) is 9.11. The predicted molar refractivity (Wildman–Crippen MR) is 175 cm³/mol. The molecule has 2 aromatic carbocycles. The fraction of sp³-hybridized carbons (Fsp3) is 0.586. The first-order valence-corrected chi connectivity index (χ1v) is 18.0. The molecule has 0 aromatic heterocycles. The summed E-state index contributed by atoms with van der Waals surface area (Å²) in [5.74, 6) is 0. The van der Waals surface area contributed by atoms with Crippen molar-refractivity contribution in [1.82, 2.24) is 19.3 Å². The van der Waals surface area contributed by atoms with Gasteiger partial charge in [-0.2, -0.15) is 0 Å². The summed E-state index contributed by atoms with van der Waals surface area (Å²) in [5, 5.41) is 37.5. The molecule has 0 saturated carbocycles. The van der Waals surface area contributed by atoms with Crippen LogP contribution in [0.15, 0.2) is 60.7 Å². The third-order valence-electron chi connectivity index (χ3n) is 5.90. The molecule has 2 aliphatic rings. The van der Waals surface area contributed by atoms with Crippen LogP contribution in [0.1, 0.15) is 36.9 Å². The van der Waals surface area contributed by atoms with E-state index in [-0.39, 0.29) is 86.1 Å². The maximum absolute atomic E-state index is 13.4. The Balaban J connectivity index is 0.000000405. The van der Waals surface area contributed by atoms with Crippen molar-refractivity contribution >= 4 is 25.8 Å². The molecule has 252 valence electrons. The summed E-state index contributed by atoms with van der Waals surface area (Å²) in [5.41, 5.74) is 1.66. The zero-order valence-corrected chi connectivity index (χ0v) is 26.8. The lowest BCUT2D eigenvalue weighted by Crippen LogP contribution is -2.39. The van der Waals surface area contributed by atoms with E-state index in [9.17, 15) is 19.3 Å². The number of hydrogen-bond donors (Lipinski definition) is 5. The lowest BCUT2D eigenvalue weighted by Gasteiger charge is -2.40. The molecule has 4 rings (SSSR count). The Kier molecular flexibility index (Phi) is 18.0. The molecule has 0 amide bonds. The Morgan fingerprint density at radius 1 is 0.773 bits per heavy atom. The molecule has 0 aliphatic carbocycles. The first kappa shape index (κ1) is 34.1. The number of rotatable bonds is 13.